The van der Waals surface area contributed by atoms with Gasteiger partial charge in [0.2, 0.25) is 11.8 Å². The van der Waals surface area contributed by atoms with Crippen LogP contribution < -0.4 is 10.6 Å². The highest BCUT2D eigenvalue weighted by molar-refractivity contribution is 5.76. The second-order valence-electron chi connectivity index (χ2n) is 13.1. The highest BCUT2D eigenvalue weighted by Gasteiger charge is 2.29. The Morgan fingerprint density at radius 3 is 1.79 bits per heavy atom. The van der Waals surface area contributed by atoms with Gasteiger partial charge >= 0.3 is 6.09 Å². The maximum Gasteiger partial charge on any atom is 0.410 e. The second-order valence-corrected chi connectivity index (χ2v) is 13.1. The van der Waals surface area contributed by atoms with Crippen LogP contribution in [0.15, 0.2) is 42.5 Å². The summed E-state index contributed by atoms with van der Waals surface area (Å²) in [5.74, 6) is 0.0684. The molecule has 3 rings (SSSR count). The van der Waals surface area contributed by atoms with Gasteiger partial charge in [-0.25, -0.2) is 4.79 Å². The lowest BCUT2D eigenvalue weighted by Gasteiger charge is -2.24. The van der Waals surface area contributed by atoms with Crippen molar-refractivity contribution >= 4 is 17.9 Å². The predicted octanol–water partition coefficient (Wildman–Crippen LogP) is 3.50. The first-order valence-corrected chi connectivity index (χ1v) is 18.0. The number of aromatic hydroxyl groups is 1. The molecule has 1 heterocycles. The minimum absolute atomic E-state index is 0.0389. The van der Waals surface area contributed by atoms with E-state index in [-0.39, 0.29) is 30.1 Å². The summed E-state index contributed by atoms with van der Waals surface area (Å²) < 4.78 is 38.4. The molecule has 3 amide bonds. The Bertz CT molecular complexity index is 1330. The van der Waals surface area contributed by atoms with E-state index in [9.17, 15) is 19.5 Å². The highest BCUT2D eigenvalue weighted by Crippen LogP contribution is 2.27. The first-order chi connectivity index (χ1) is 25.1. The molecule has 0 atom stereocenters. The normalized spacial score (nSPS) is 12.5. The molecule has 1 aliphatic rings. The summed E-state index contributed by atoms with van der Waals surface area (Å²) in [5.41, 5.74) is 3.56. The average Bonchev–Trinajstić information content (AvgIpc) is 3.56. The minimum Gasteiger partial charge on any atom is -0.508 e. The van der Waals surface area contributed by atoms with Gasteiger partial charge in [0, 0.05) is 32.5 Å². The third-order valence-electron chi connectivity index (χ3n) is 7.69. The molecule has 14 heteroatoms. The van der Waals surface area contributed by atoms with E-state index in [4.69, 9.17) is 33.2 Å². The van der Waals surface area contributed by atoms with E-state index in [2.05, 4.69) is 10.6 Å². The molecule has 0 aliphatic carbocycles. The molecular weight excluding hydrogens is 674 g/mol. The zero-order valence-corrected chi connectivity index (χ0v) is 31.0. The molecule has 1 aliphatic heterocycles. The number of nitrogens with zero attached hydrogens (tertiary/aromatic N) is 1. The number of fused-ring (bicyclic) bond motifs is 1. The van der Waals surface area contributed by atoms with Crippen molar-refractivity contribution in [2.75, 3.05) is 85.8 Å². The van der Waals surface area contributed by atoms with E-state index in [1.54, 1.807) is 29.2 Å². The Balaban J connectivity index is 1.03. The van der Waals surface area contributed by atoms with Crippen molar-refractivity contribution in [2.45, 2.75) is 65.3 Å². The zero-order valence-electron chi connectivity index (χ0n) is 31.0. The lowest BCUT2D eigenvalue weighted by atomic mass is 10.0. The molecule has 14 nitrogen and oxygen atoms in total. The number of carbonyl (C=O) groups is 3. The smallest absolute Gasteiger partial charge is 0.410 e. The molecule has 0 bridgehead atoms. The fourth-order valence-electron chi connectivity index (χ4n) is 5.03. The van der Waals surface area contributed by atoms with Gasteiger partial charge in [-0.1, -0.05) is 30.3 Å². The fourth-order valence-corrected chi connectivity index (χ4v) is 5.03. The number of benzene rings is 2. The summed E-state index contributed by atoms with van der Waals surface area (Å²) in [4.78, 5) is 38.4. The molecule has 3 N–H and O–H groups in total. The van der Waals surface area contributed by atoms with Gasteiger partial charge in [0.1, 0.15) is 11.4 Å². The summed E-state index contributed by atoms with van der Waals surface area (Å²) >= 11 is 0. The number of hydrogen-bond donors (Lipinski definition) is 3. The summed E-state index contributed by atoms with van der Waals surface area (Å²) in [6.07, 6.45) is 0.904. The molecule has 290 valence electrons. The Hall–Kier alpha value is -3.79. The summed E-state index contributed by atoms with van der Waals surface area (Å²) in [6, 6.07) is 12.7. The van der Waals surface area contributed by atoms with Crippen LogP contribution in [0.3, 0.4) is 0 Å². The van der Waals surface area contributed by atoms with Gasteiger partial charge in [0.15, 0.2) is 0 Å². The van der Waals surface area contributed by atoms with Crippen molar-refractivity contribution in [3.05, 3.63) is 64.7 Å². The van der Waals surface area contributed by atoms with E-state index >= 15 is 0 Å². The van der Waals surface area contributed by atoms with Crippen molar-refractivity contribution < 1.29 is 52.6 Å². The number of rotatable bonds is 26. The van der Waals surface area contributed by atoms with E-state index in [0.29, 0.717) is 118 Å². The quantitative estimate of drug-likeness (QED) is 0.121. The lowest BCUT2D eigenvalue weighted by Crippen LogP contribution is -2.33. The number of phenols is 1. The third kappa shape index (κ3) is 18.6. The van der Waals surface area contributed by atoms with Crippen molar-refractivity contribution in [1.82, 2.24) is 15.5 Å². The van der Waals surface area contributed by atoms with E-state index in [1.807, 2.05) is 39.0 Å². The summed E-state index contributed by atoms with van der Waals surface area (Å²) in [7, 11) is 0. The van der Waals surface area contributed by atoms with Gasteiger partial charge in [-0.3, -0.25) is 14.5 Å². The van der Waals surface area contributed by atoms with Gasteiger partial charge in [-0.15, -0.1) is 0 Å². The van der Waals surface area contributed by atoms with Crippen molar-refractivity contribution in [3.8, 4) is 5.75 Å². The number of phenolic OH excluding ortho intramolecular Hbond substituents is 1. The van der Waals surface area contributed by atoms with Crippen LogP contribution in [-0.2, 0) is 68.8 Å². The number of nitrogens with one attached hydrogen (secondary N) is 2. The highest BCUT2D eigenvalue weighted by atomic mass is 16.6. The van der Waals surface area contributed by atoms with Crippen LogP contribution in [0.4, 0.5) is 4.79 Å². The number of ether oxygens (including phenoxy) is 7. The largest absolute Gasteiger partial charge is 0.508 e. The average molecular weight is 732 g/mol. The maximum absolute atomic E-state index is 12.5. The molecule has 2 aromatic carbocycles. The fraction of sp³-hybridized carbons (Fsp3) is 0.605. The monoisotopic (exact) mass is 731 g/mol. The van der Waals surface area contributed by atoms with Crippen LogP contribution in [0.1, 0.15) is 55.9 Å². The minimum atomic E-state index is -0.553. The Morgan fingerprint density at radius 1 is 0.673 bits per heavy atom. The molecule has 0 spiro atoms. The predicted molar refractivity (Wildman–Crippen MR) is 193 cm³/mol. The Morgan fingerprint density at radius 2 is 1.21 bits per heavy atom. The number of hydrogen-bond acceptors (Lipinski definition) is 11. The first-order valence-electron chi connectivity index (χ1n) is 18.0. The van der Waals surface area contributed by atoms with Gasteiger partial charge < -0.3 is 48.9 Å². The van der Waals surface area contributed by atoms with Crippen molar-refractivity contribution in [1.29, 1.82) is 0 Å². The summed E-state index contributed by atoms with van der Waals surface area (Å²) in [6.45, 7) is 12.4. The van der Waals surface area contributed by atoms with Crippen LogP contribution in [0, 0.1) is 0 Å². The molecule has 52 heavy (non-hydrogen) atoms. The van der Waals surface area contributed by atoms with Crippen molar-refractivity contribution in [2.24, 2.45) is 0 Å². The zero-order chi connectivity index (χ0) is 37.4. The van der Waals surface area contributed by atoms with Crippen LogP contribution in [0.5, 0.6) is 5.75 Å². The van der Waals surface area contributed by atoms with Crippen LogP contribution in [-0.4, -0.2) is 119 Å². The molecule has 0 aromatic heterocycles. The molecule has 0 fully saturated rings. The van der Waals surface area contributed by atoms with Crippen LogP contribution in [0.25, 0.3) is 0 Å². The third-order valence-corrected chi connectivity index (χ3v) is 7.69. The van der Waals surface area contributed by atoms with Crippen molar-refractivity contribution in [3.63, 3.8) is 0 Å². The Labute approximate surface area is 307 Å². The maximum atomic E-state index is 12.5. The molecule has 0 radical (unpaired) electrons. The van der Waals surface area contributed by atoms with Gasteiger partial charge in [0.25, 0.3) is 0 Å². The first kappa shape index (κ1) is 42.6. The molecule has 0 saturated carbocycles. The topological polar surface area (TPSA) is 163 Å². The van der Waals surface area contributed by atoms with Crippen LogP contribution >= 0.6 is 0 Å². The summed E-state index contributed by atoms with van der Waals surface area (Å²) in [5, 5.41) is 15.1. The number of carbonyl (C=O) groups excluding carboxylic acids is 3. The molecule has 0 saturated heterocycles. The van der Waals surface area contributed by atoms with E-state index in [1.165, 1.54) is 0 Å². The van der Waals surface area contributed by atoms with Gasteiger partial charge in [0.05, 0.1) is 85.8 Å². The molecular formula is C38H57N3O11. The second kappa shape index (κ2) is 24.5. The van der Waals surface area contributed by atoms with Gasteiger partial charge in [-0.05, 0) is 61.6 Å². The molecule has 2 aromatic rings. The standard InChI is InChI=1S/C38H57N3O11/c1-38(2,3)52-37(45)41-28-32-6-4-5-31(34(32)29-41)27-40-36(44)13-15-46-17-19-48-21-23-50-25-26-51-24-22-49-20-18-47-16-14-39-35(43)12-9-30-7-10-33(42)11-8-30/h4-8,10-11,42H,9,12-29H2,1-3H3,(H,39,43)(H,40,44). The SMILES string of the molecule is CC(C)(C)OC(=O)N1Cc2cccc(CNC(=O)CCOCCOCCOCCOCCOCCOCCNC(=O)CCc3ccc(O)cc3)c2C1. The van der Waals surface area contributed by atoms with E-state index in [0.717, 1.165) is 22.3 Å². The number of aryl methyl sites for hydroxylation is 1. The van der Waals surface area contributed by atoms with E-state index < -0.39 is 5.60 Å². The number of amides is 3. The Kier molecular flexibility index (Phi) is 20.0. The molecule has 0 unspecified atom stereocenters. The van der Waals surface area contributed by atoms with Crippen LogP contribution in [0.2, 0.25) is 0 Å². The van der Waals surface area contributed by atoms with Gasteiger partial charge in [-0.2, -0.15) is 0 Å². The lowest BCUT2D eigenvalue weighted by molar-refractivity contribution is -0.122.